The van der Waals surface area contributed by atoms with Gasteiger partial charge in [-0.25, -0.2) is 4.79 Å². The number of nitrogens with zero attached hydrogens (tertiary/aromatic N) is 2. The highest BCUT2D eigenvalue weighted by Crippen LogP contribution is 2.35. The van der Waals surface area contributed by atoms with Crippen molar-refractivity contribution in [3.05, 3.63) is 60.0 Å². The Morgan fingerprint density at radius 2 is 2.09 bits per heavy atom. The summed E-state index contributed by atoms with van der Waals surface area (Å²) in [6, 6.07) is 9.10. The maximum Gasteiger partial charge on any atom is 0.333 e. The molecule has 1 aromatic rings. The van der Waals surface area contributed by atoms with Crippen LogP contribution in [0.15, 0.2) is 59.4 Å². The van der Waals surface area contributed by atoms with Crippen molar-refractivity contribution < 1.29 is 14.3 Å². The van der Waals surface area contributed by atoms with E-state index in [2.05, 4.69) is 4.99 Å². The fourth-order valence-corrected chi connectivity index (χ4v) is 2.71. The monoisotopic (exact) mass is 298 g/mol. The molecule has 2 atom stereocenters. The quantitative estimate of drug-likeness (QED) is 0.801. The average Bonchev–Trinajstić information content (AvgIpc) is 2.94. The van der Waals surface area contributed by atoms with Crippen LogP contribution in [-0.2, 0) is 14.3 Å². The number of hydrogen-bond donors (Lipinski definition) is 0. The number of amidine groups is 1. The van der Waals surface area contributed by atoms with Crippen molar-refractivity contribution in [3.8, 4) is 0 Å². The van der Waals surface area contributed by atoms with Gasteiger partial charge in [0.2, 0.25) is 0 Å². The zero-order valence-electron chi connectivity index (χ0n) is 12.6. The van der Waals surface area contributed by atoms with Crippen LogP contribution in [0.4, 0.5) is 0 Å². The second kappa shape index (κ2) is 6.05. The van der Waals surface area contributed by atoms with Gasteiger partial charge in [0.1, 0.15) is 11.6 Å². The number of allylic oxidation sites excluding steroid dienone is 1. The molecule has 114 valence electrons. The first-order valence-corrected chi connectivity index (χ1v) is 7.26. The van der Waals surface area contributed by atoms with Crippen LogP contribution in [0.5, 0.6) is 0 Å². The zero-order chi connectivity index (χ0) is 15.5. The summed E-state index contributed by atoms with van der Waals surface area (Å²) in [5.41, 5.74) is 1.03. The van der Waals surface area contributed by atoms with E-state index in [9.17, 15) is 4.79 Å². The molecule has 0 saturated heterocycles. The number of methoxy groups -OCH3 is 1. The van der Waals surface area contributed by atoms with Gasteiger partial charge in [0.15, 0.2) is 6.04 Å². The molecule has 2 aliphatic heterocycles. The number of rotatable bonds is 4. The number of esters is 1. The number of hydrogen-bond acceptors (Lipinski definition) is 5. The number of fused-ring (bicyclic) bond motifs is 1. The summed E-state index contributed by atoms with van der Waals surface area (Å²) in [6.45, 7) is 2.14. The number of carbonyl (C=O) groups excluding carboxylic acids is 1. The van der Waals surface area contributed by atoms with Crippen LogP contribution >= 0.6 is 0 Å². The third-order valence-corrected chi connectivity index (χ3v) is 3.71. The number of aliphatic imine (C=N–C) groups is 1. The van der Waals surface area contributed by atoms with Gasteiger partial charge in [-0.05, 0) is 18.6 Å². The van der Waals surface area contributed by atoms with Crippen molar-refractivity contribution >= 4 is 11.8 Å². The minimum Gasteiger partial charge on any atom is -0.497 e. The Balaban J connectivity index is 1.98. The van der Waals surface area contributed by atoms with E-state index < -0.39 is 6.04 Å². The Labute approximate surface area is 129 Å². The van der Waals surface area contributed by atoms with E-state index in [0.717, 1.165) is 5.56 Å². The minimum absolute atomic E-state index is 0.193. The second-order valence-corrected chi connectivity index (χ2v) is 5.01. The van der Waals surface area contributed by atoms with Gasteiger partial charge >= 0.3 is 5.97 Å². The molecule has 0 unspecified atom stereocenters. The lowest BCUT2D eigenvalue weighted by Gasteiger charge is -2.28. The summed E-state index contributed by atoms with van der Waals surface area (Å²) in [6.07, 6.45) is 5.59. The van der Waals surface area contributed by atoms with E-state index >= 15 is 0 Å². The molecule has 1 aromatic carbocycles. The van der Waals surface area contributed by atoms with Crippen LogP contribution in [0.3, 0.4) is 0 Å². The number of carbonyl (C=O) groups is 1. The molecule has 0 fully saturated rings. The highest BCUT2D eigenvalue weighted by Gasteiger charge is 2.41. The molecule has 2 aliphatic rings. The summed E-state index contributed by atoms with van der Waals surface area (Å²) in [5.74, 6) is 1.12. The normalized spacial score (nSPS) is 22.7. The van der Waals surface area contributed by atoms with E-state index in [0.29, 0.717) is 18.2 Å². The van der Waals surface area contributed by atoms with E-state index in [1.165, 1.54) is 0 Å². The first kappa shape index (κ1) is 14.4. The molecule has 0 spiro atoms. The lowest BCUT2D eigenvalue weighted by atomic mass is 9.99. The van der Waals surface area contributed by atoms with Crippen molar-refractivity contribution in [1.82, 2.24) is 4.90 Å². The molecule has 0 aliphatic carbocycles. The maximum atomic E-state index is 12.3. The van der Waals surface area contributed by atoms with Gasteiger partial charge in [0.05, 0.1) is 19.8 Å². The van der Waals surface area contributed by atoms with Crippen molar-refractivity contribution in [2.75, 3.05) is 13.7 Å². The molecular formula is C17H18N2O3. The summed E-state index contributed by atoms with van der Waals surface area (Å²) >= 11 is 0. The van der Waals surface area contributed by atoms with E-state index in [-0.39, 0.29) is 12.0 Å². The summed E-state index contributed by atoms with van der Waals surface area (Å²) in [7, 11) is 1.61. The van der Waals surface area contributed by atoms with Crippen molar-refractivity contribution in [2.45, 2.75) is 19.0 Å². The molecule has 0 N–H and O–H groups in total. The highest BCUT2D eigenvalue weighted by molar-refractivity contribution is 6.00. The number of ether oxygens (including phenoxy) is 2. The van der Waals surface area contributed by atoms with Gasteiger partial charge < -0.3 is 14.4 Å². The van der Waals surface area contributed by atoms with Crippen LogP contribution in [0.25, 0.3) is 0 Å². The van der Waals surface area contributed by atoms with Gasteiger partial charge in [-0.3, -0.25) is 4.99 Å². The third kappa shape index (κ3) is 2.50. The fraction of sp³-hybridized carbons (Fsp3) is 0.294. The molecule has 2 heterocycles. The molecule has 22 heavy (non-hydrogen) atoms. The minimum atomic E-state index is -0.575. The third-order valence-electron chi connectivity index (χ3n) is 3.71. The maximum absolute atomic E-state index is 12.3. The molecule has 0 amide bonds. The van der Waals surface area contributed by atoms with E-state index in [4.69, 9.17) is 9.47 Å². The van der Waals surface area contributed by atoms with Crippen LogP contribution in [0.2, 0.25) is 0 Å². The lowest BCUT2D eigenvalue weighted by molar-refractivity contribution is -0.145. The Morgan fingerprint density at radius 3 is 2.77 bits per heavy atom. The predicted molar refractivity (Wildman–Crippen MR) is 83.1 cm³/mol. The van der Waals surface area contributed by atoms with Crippen molar-refractivity contribution in [2.24, 2.45) is 4.99 Å². The second-order valence-electron chi connectivity index (χ2n) is 5.01. The Bertz CT molecular complexity index is 649. The van der Waals surface area contributed by atoms with Crippen LogP contribution in [-0.4, -0.2) is 36.5 Å². The summed E-state index contributed by atoms with van der Waals surface area (Å²) in [5, 5.41) is 0. The van der Waals surface area contributed by atoms with Gasteiger partial charge in [-0.1, -0.05) is 30.3 Å². The van der Waals surface area contributed by atoms with Crippen LogP contribution < -0.4 is 0 Å². The topological polar surface area (TPSA) is 51.1 Å². The number of benzene rings is 1. The first-order valence-electron chi connectivity index (χ1n) is 7.26. The molecule has 0 saturated carbocycles. The summed E-state index contributed by atoms with van der Waals surface area (Å²) < 4.78 is 10.4. The van der Waals surface area contributed by atoms with E-state index in [1.807, 2.05) is 53.6 Å². The summed E-state index contributed by atoms with van der Waals surface area (Å²) in [4.78, 5) is 18.8. The molecule has 3 rings (SSSR count). The van der Waals surface area contributed by atoms with Crippen LogP contribution in [0.1, 0.15) is 18.5 Å². The van der Waals surface area contributed by atoms with Gasteiger partial charge in [-0.15, -0.1) is 0 Å². The molecule has 5 nitrogen and oxygen atoms in total. The highest BCUT2D eigenvalue weighted by atomic mass is 16.5. The average molecular weight is 298 g/mol. The molecule has 0 bridgehead atoms. The SMILES string of the molecule is CCOC(=O)[C@@H]1N=C2C=C(OC)C=CN2[C@H]1c1ccccc1. The molecular weight excluding hydrogens is 280 g/mol. The molecule has 0 radical (unpaired) electrons. The Morgan fingerprint density at radius 1 is 1.32 bits per heavy atom. The van der Waals surface area contributed by atoms with Crippen molar-refractivity contribution in [1.29, 1.82) is 0 Å². The lowest BCUT2D eigenvalue weighted by Crippen LogP contribution is -2.33. The van der Waals surface area contributed by atoms with Crippen molar-refractivity contribution in [3.63, 3.8) is 0 Å². The van der Waals surface area contributed by atoms with Crippen LogP contribution in [0, 0.1) is 0 Å². The fourth-order valence-electron chi connectivity index (χ4n) is 2.71. The standard InChI is InChI=1S/C17H18N2O3/c1-3-22-17(20)15-16(12-7-5-4-6-8-12)19-10-9-13(21-2)11-14(19)18-15/h4-11,15-16H,3H2,1-2H3/t15-,16+/m1/s1. The Kier molecular flexibility index (Phi) is 3.96. The smallest absolute Gasteiger partial charge is 0.333 e. The first-order chi connectivity index (χ1) is 10.7. The predicted octanol–water partition coefficient (Wildman–Crippen LogP) is 2.43. The molecule has 5 heteroatoms. The zero-order valence-corrected chi connectivity index (χ0v) is 12.6. The van der Waals surface area contributed by atoms with Gasteiger partial charge in [0, 0.05) is 12.3 Å². The van der Waals surface area contributed by atoms with Gasteiger partial charge in [0.25, 0.3) is 0 Å². The van der Waals surface area contributed by atoms with Gasteiger partial charge in [-0.2, -0.15) is 0 Å². The largest absolute Gasteiger partial charge is 0.497 e. The Hall–Kier alpha value is -2.56. The van der Waals surface area contributed by atoms with E-state index in [1.54, 1.807) is 14.0 Å². The molecule has 0 aromatic heterocycles.